The van der Waals surface area contributed by atoms with E-state index >= 15 is 0 Å². The van der Waals surface area contributed by atoms with Crippen LogP contribution in [0.2, 0.25) is 0 Å². The first-order chi connectivity index (χ1) is 4.75. The highest BCUT2D eigenvalue weighted by Crippen LogP contribution is 2.21. The lowest BCUT2D eigenvalue weighted by atomic mass is 10.3. The van der Waals surface area contributed by atoms with Gasteiger partial charge in [-0.2, -0.15) is 5.26 Å². The van der Waals surface area contributed by atoms with E-state index in [1.807, 2.05) is 29.8 Å². The van der Waals surface area contributed by atoms with E-state index in [0.717, 1.165) is 11.3 Å². The number of thiophene rings is 1. The monoisotopic (exact) mass is 152 g/mol. The Balaban J connectivity index is 3.05. The van der Waals surface area contributed by atoms with Crippen molar-refractivity contribution >= 4 is 17.0 Å². The predicted octanol–water partition coefficient (Wildman–Crippen LogP) is 1.69. The van der Waals surface area contributed by atoms with Crippen LogP contribution in [0.1, 0.15) is 5.56 Å². The normalized spacial score (nSPS) is 8.90. The van der Waals surface area contributed by atoms with Gasteiger partial charge in [0.15, 0.2) is 0 Å². The first kappa shape index (κ1) is 7.10. The van der Waals surface area contributed by atoms with Gasteiger partial charge in [0.25, 0.3) is 0 Å². The van der Waals surface area contributed by atoms with Crippen LogP contribution in [-0.2, 0) is 0 Å². The molecule has 0 aliphatic rings. The largest absolute Gasteiger partial charge is 0.376 e. The zero-order valence-electron chi connectivity index (χ0n) is 5.96. The van der Waals surface area contributed by atoms with Crippen molar-refractivity contribution in [2.45, 2.75) is 0 Å². The van der Waals surface area contributed by atoms with Gasteiger partial charge in [0.2, 0.25) is 0 Å². The van der Waals surface area contributed by atoms with Crippen molar-refractivity contribution in [2.75, 3.05) is 19.0 Å². The molecule has 0 aliphatic carbocycles. The maximum atomic E-state index is 8.59. The summed E-state index contributed by atoms with van der Waals surface area (Å²) in [7, 11) is 3.87. The second-order valence-electron chi connectivity index (χ2n) is 2.18. The first-order valence-electron chi connectivity index (χ1n) is 2.89. The molecule has 0 unspecified atom stereocenters. The van der Waals surface area contributed by atoms with Gasteiger partial charge in [-0.05, 0) is 0 Å². The third kappa shape index (κ3) is 1.12. The highest BCUT2D eigenvalue weighted by molar-refractivity contribution is 7.08. The topological polar surface area (TPSA) is 27.0 Å². The maximum absolute atomic E-state index is 8.59. The molecule has 1 heterocycles. The van der Waals surface area contributed by atoms with E-state index in [-0.39, 0.29) is 0 Å². The lowest BCUT2D eigenvalue weighted by Gasteiger charge is -2.08. The van der Waals surface area contributed by atoms with Crippen molar-refractivity contribution in [2.24, 2.45) is 0 Å². The van der Waals surface area contributed by atoms with Crippen molar-refractivity contribution in [3.8, 4) is 6.07 Å². The molecule has 0 aliphatic heterocycles. The minimum atomic E-state index is 0.759. The van der Waals surface area contributed by atoms with Crippen molar-refractivity contribution in [3.63, 3.8) is 0 Å². The molecule has 0 N–H and O–H groups in total. The molecule has 1 rings (SSSR count). The van der Waals surface area contributed by atoms with Gasteiger partial charge in [-0.25, -0.2) is 0 Å². The molecule has 0 atom stereocenters. The molecule has 1 aromatic heterocycles. The minimum Gasteiger partial charge on any atom is -0.376 e. The van der Waals surface area contributed by atoms with E-state index in [1.165, 1.54) is 0 Å². The summed E-state index contributed by atoms with van der Waals surface area (Å²) in [5.41, 5.74) is 1.77. The molecule has 0 radical (unpaired) electrons. The molecule has 0 fully saturated rings. The summed E-state index contributed by atoms with van der Waals surface area (Å²) < 4.78 is 0. The molecule has 0 aromatic carbocycles. The van der Waals surface area contributed by atoms with Gasteiger partial charge < -0.3 is 4.90 Å². The van der Waals surface area contributed by atoms with Crippen LogP contribution in [0.3, 0.4) is 0 Å². The van der Waals surface area contributed by atoms with Crippen LogP contribution < -0.4 is 4.90 Å². The number of nitriles is 1. The molecule has 3 heteroatoms. The van der Waals surface area contributed by atoms with Crippen LogP contribution in [0.25, 0.3) is 0 Å². The Kier molecular flexibility index (Phi) is 1.93. The quantitative estimate of drug-likeness (QED) is 0.612. The summed E-state index contributed by atoms with van der Waals surface area (Å²) in [6.07, 6.45) is 0. The Morgan fingerprint density at radius 3 is 2.60 bits per heavy atom. The van der Waals surface area contributed by atoms with Crippen molar-refractivity contribution in [1.82, 2.24) is 0 Å². The van der Waals surface area contributed by atoms with Crippen LogP contribution in [0.15, 0.2) is 10.8 Å². The van der Waals surface area contributed by atoms with E-state index in [4.69, 9.17) is 5.26 Å². The first-order valence-corrected chi connectivity index (χ1v) is 3.83. The summed E-state index contributed by atoms with van der Waals surface area (Å²) in [5.74, 6) is 0. The third-order valence-electron chi connectivity index (χ3n) is 1.24. The summed E-state index contributed by atoms with van der Waals surface area (Å²) in [5, 5.41) is 12.4. The molecular formula is C7H8N2S. The van der Waals surface area contributed by atoms with Crippen molar-refractivity contribution < 1.29 is 0 Å². The fourth-order valence-corrected chi connectivity index (χ4v) is 1.56. The summed E-state index contributed by atoms with van der Waals surface area (Å²) in [6.45, 7) is 0. The second-order valence-corrected chi connectivity index (χ2v) is 2.92. The number of nitrogens with zero attached hydrogens (tertiary/aromatic N) is 2. The van der Waals surface area contributed by atoms with E-state index in [0.29, 0.717) is 0 Å². The number of rotatable bonds is 1. The molecule has 0 bridgehead atoms. The Labute approximate surface area is 64.3 Å². The van der Waals surface area contributed by atoms with Crippen molar-refractivity contribution in [3.05, 3.63) is 16.3 Å². The zero-order valence-corrected chi connectivity index (χ0v) is 6.77. The average molecular weight is 152 g/mol. The lowest BCUT2D eigenvalue weighted by Crippen LogP contribution is -2.08. The summed E-state index contributed by atoms with van der Waals surface area (Å²) in [4.78, 5) is 1.94. The third-order valence-corrected chi connectivity index (χ3v) is 1.97. The predicted molar refractivity (Wildman–Crippen MR) is 43.4 cm³/mol. The Bertz CT molecular complexity index is 257. The van der Waals surface area contributed by atoms with E-state index in [9.17, 15) is 0 Å². The van der Waals surface area contributed by atoms with Gasteiger partial charge in [-0.15, -0.1) is 11.3 Å². The zero-order chi connectivity index (χ0) is 7.56. The highest BCUT2D eigenvalue weighted by atomic mass is 32.1. The Morgan fingerprint density at radius 1 is 1.50 bits per heavy atom. The lowest BCUT2D eigenvalue weighted by molar-refractivity contribution is 1.13. The summed E-state index contributed by atoms with van der Waals surface area (Å²) >= 11 is 1.55. The van der Waals surface area contributed by atoms with Gasteiger partial charge in [0, 0.05) is 24.9 Å². The van der Waals surface area contributed by atoms with Gasteiger partial charge in [-0.3, -0.25) is 0 Å². The van der Waals surface area contributed by atoms with Crippen LogP contribution in [-0.4, -0.2) is 14.1 Å². The fourth-order valence-electron chi connectivity index (χ4n) is 0.720. The SMILES string of the molecule is CN(C)c1cscc1C#N. The number of hydrogen-bond acceptors (Lipinski definition) is 3. The molecule has 0 spiro atoms. The molecular weight excluding hydrogens is 144 g/mol. The van der Waals surface area contributed by atoms with Gasteiger partial charge in [0.1, 0.15) is 6.07 Å². The molecule has 0 amide bonds. The average Bonchev–Trinajstić information content (AvgIpc) is 2.33. The second kappa shape index (κ2) is 2.72. The van der Waals surface area contributed by atoms with E-state index in [1.54, 1.807) is 11.3 Å². The van der Waals surface area contributed by atoms with Crippen molar-refractivity contribution in [1.29, 1.82) is 5.26 Å². The Morgan fingerprint density at radius 2 is 2.20 bits per heavy atom. The minimum absolute atomic E-state index is 0.759. The Hall–Kier alpha value is -1.01. The molecule has 1 aromatic rings. The van der Waals surface area contributed by atoms with Crippen LogP contribution >= 0.6 is 11.3 Å². The van der Waals surface area contributed by atoms with Gasteiger partial charge in [-0.1, -0.05) is 0 Å². The number of anilines is 1. The summed E-state index contributed by atoms with van der Waals surface area (Å²) in [6, 6.07) is 2.13. The van der Waals surface area contributed by atoms with Gasteiger partial charge in [0.05, 0.1) is 11.3 Å². The standard InChI is InChI=1S/C7H8N2S/c1-9(2)7-5-10-4-6(7)3-8/h4-5H,1-2H3. The maximum Gasteiger partial charge on any atom is 0.102 e. The highest BCUT2D eigenvalue weighted by Gasteiger charge is 2.02. The van der Waals surface area contributed by atoms with E-state index in [2.05, 4.69) is 6.07 Å². The number of hydrogen-bond donors (Lipinski definition) is 0. The van der Waals surface area contributed by atoms with Gasteiger partial charge >= 0.3 is 0 Å². The molecule has 2 nitrogen and oxygen atoms in total. The fraction of sp³-hybridized carbons (Fsp3) is 0.286. The smallest absolute Gasteiger partial charge is 0.102 e. The van der Waals surface area contributed by atoms with Crippen LogP contribution in [0.5, 0.6) is 0 Å². The van der Waals surface area contributed by atoms with E-state index < -0.39 is 0 Å². The molecule has 0 saturated heterocycles. The van der Waals surface area contributed by atoms with Crippen LogP contribution in [0, 0.1) is 11.3 Å². The molecule has 0 saturated carbocycles. The van der Waals surface area contributed by atoms with Crippen LogP contribution in [0.4, 0.5) is 5.69 Å². The molecule has 10 heavy (non-hydrogen) atoms. The molecule has 52 valence electrons.